The highest BCUT2D eigenvalue weighted by atomic mass is 16.6. The zero-order valence-electron chi connectivity index (χ0n) is 28.6. The van der Waals surface area contributed by atoms with Gasteiger partial charge in [-0.2, -0.15) is 0 Å². The Morgan fingerprint density at radius 3 is 2.25 bits per heavy atom. The minimum atomic E-state index is -1.80. The number of aliphatic hydroxyl groups excluding tert-OH is 3. The van der Waals surface area contributed by atoms with Gasteiger partial charge in [-0.3, -0.25) is 0 Å². The fraction of sp³-hybridized carbons (Fsp3) is 0.743. The SMILES string of the molecule is CO/C1=C\C(C)=C\[C@@H](C)[C@@H](O)[C@@H](C)C/C(C)=C/C=C/C(OC)[C@@H]([C@@H](C)[C@@H](O)[C@H](C)[C@@]2(O)C[C@@H](O)[C@H](C)[C@@H](C(C)C)O2)OC1=O. The van der Waals surface area contributed by atoms with E-state index in [9.17, 15) is 25.2 Å². The van der Waals surface area contributed by atoms with Gasteiger partial charge in [-0.25, -0.2) is 4.79 Å². The topological polar surface area (TPSA) is 135 Å². The molecule has 12 atom stereocenters. The van der Waals surface area contributed by atoms with Gasteiger partial charge in [0.05, 0.1) is 31.5 Å². The Kier molecular flexibility index (Phi) is 14.3. The monoisotopic (exact) mass is 622 g/mol. The lowest BCUT2D eigenvalue weighted by molar-refractivity contribution is -0.328. The van der Waals surface area contributed by atoms with Gasteiger partial charge in [-0.15, -0.1) is 0 Å². The molecule has 9 heteroatoms. The fourth-order valence-corrected chi connectivity index (χ4v) is 6.54. The molecule has 1 fully saturated rings. The van der Waals surface area contributed by atoms with Crippen molar-refractivity contribution >= 4 is 5.97 Å². The third-order valence-electron chi connectivity index (χ3n) is 9.50. The Balaban J connectivity index is 2.52. The van der Waals surface area contributed by atoms with Crippen molar-refractivity contribution in [2.45, 2.75) is 118 Å². The van der Waals surface area contributed by atoms with E-state index in [0.717, 1.165) is 11.1 Å². The molecule has 9 nitrogen and oxygen atoms in total. The Labute approximate surface area is 264 Å². The van der Waals surface area contributed by atoms with Crippen LogP contribution in [-0.4, -0.2) is 83.0 Å². The molecule has 0 radical (unpaired) electrons. The van der Waals surface area contributed by atoms with Crippen LogP contribution < -0.4 is 0 Å². The summed E-state index contributed by atoms with van der Waals surface area (Å²) in [5.41, 5.74) is 1.78. The van der Waals surface area contributed by atoms with E-state index in [0.29, 0.717) is 6.42 Å². The lowest BCUT2D eigenvalue weighted by atomic mass is 9.76. The van der Waals surface area contributed by atoms with Crippen molar-refractivity contribution in [2.75, 3.05) is 14.2 Å². The molecule has 0 bridgehead atoms. The van der Waals surface area contributed by atoms with Crippen LogP contribution in [0, 0.1) is 35.5 Å². The van der Waals surface area contributed by atoms with Gasteiger partial charge in [0, 0.05) is 37.2 Å². The van der Waals surface area contributed by atoms with E-state index in [1.165, 1.54) is 14.2 Å². The van der Waals surface area contributed by atoms with E-state index in [2.05, 4.69) is 0 Å². The van der Waals surface area contributed by atoms with Gasteiger partial charge in [-0.1, -0.05) is 83.9 Å². The first-order chi connectivity index (χ1) is 20.5. The molecule has 2 heterocycles. The standard InChI is InChI=1S/C35H58O9/c1-19(2)32-24(7)27(36)18-35(40,44-32)26(9)31(38)25(8)33-28(41-10)14-12-13-20(3)15-22(5)30(37)23(6)16-21(4)17-29(42-11)34(39)43-33/h12-14,16-17,19,22-28,30-33,36-38,40H,15,18H2,1-11H3/b14-12+,20-13+,21-16+,29-17-/t22-,23+,24-,25-,26-,27+,28?,30-,31+,32+,33+,35+/m0/s1. The molecule has 0 aromatic carbocycles. The fourth-order valence-electron chi connectivity index (χ4n) is 6.54. The summed E-state index contributed by atoms with van der Waals surface area (Å²) in [6.45, 7) is 17.0. The number of carbonyl (C=O) groups is 1. The van der Waals surface area contributed by atoms with E-state index in [1.54, 1.807) is 26.0 Å². The summed E-state index contributed by atoms with van der Waals surface area (Å²) in [6.07, 6.45) is 4.85. The van der Waals surface area contributed by atoms with Crippen LogP contribution in [0.5, 0.6) is 0 Å². The quantitative estimate of drug-likeness (QED) is 0.298. The molecule has 1 unspecified atom stereocenters. The molecule has 0 saturated carbocycles. The smallest absolute Gasteiger partial charge is 0.373 e. The molecule has 252 valence electrons. The molecule has 2 aliphatic heterocycles. The number of rotatable bonds is 7. The highest BCUT2D eigenvalue weighted by molar-refractivity contribution is 5.87. The van der Waals surface area contributed by atoms with Crippen molar-refractivity contribution in [3.05, 3.63) is 47.3 Å². The van der Waals surface area contributed by atoms with Crippen molar-refractivity contribution < 1.29 is 44.2 Å². The van der Waals surface area contributed by atoms with Crippen LogP contribution >= 0.6 is 0 Å². The van der Waals surface area contributed by atoms with Crippen LogP contribution in [0.1, 0.15) is 75.2 Å². The largest absolute Gasteiger partial charge is 0.490 e. The number of aliphatic hydroxyl groups is 4. The Morgan fingerprint density at radius 1 is 1.05 bits per heavy atom. The summed E-state index contributed by atoms with van der Waals surface area (Å²) in [6, 6.07) is 0. The number of cyclic esters (lactones) is 1. The van der Waals surface area contributed by atoms with Gasteiger partial charge in [0.2, 0.25) is 5.76 Å². The molecule has 0 aliphatic carbocycles. The predicted molar refractivity (Wildman–Crippen MR) is 170 cm³/mol. The van der Waals surface area contributed by atoms with Gasteiger partial charge in [0.15, 0.2) is 5.79 Å². The average molecular weight is 623 g/mol. The zero-order valence-corrected chi connectivity index (χ0v) is 28.6. The number of carbonyl (C=O) groups excluding carboxylic acids is 1. The van der Waals surface area contributed by atoms with Gasteiger partial charge in [-0.05, 0) is 38.2 Å². The molecular weight excluding hydrogens is 564 g/mol. The normalized spacial score (nSPS) is 41.2. The van der Waals surface area contributed by atoms with Crippen LogP contribution in [-0.2, 0) is 23.7 Å². The van der Waals surface area contributed by atoms with Gasteiger partial charge >= 0.3 is 5.97 Å². The van der Waals surface area contributed by atoms with Crippen LogP contribution in [0.2, 0.25) is 0 Å². The Hall–Kier alpha value is -2.01. The third kappa shape index (κ3) is 9.50. The van der Waals surface area contributed by atoms with Crippen LogP contribution in [0.4, 0.5) is 0 Å². The van der Waals surface area contributed by atoms with Gasteiger partial charge < -0.3 is 39.4 Å². The Morgan fingerprint density at radius 2 is 1.68 bits per heavy atom. The molecule has 0 aromatic heterocycles. The molecule has 1 saturated heterocycles. The highest BCUT2D eigenvalue weighted by Crippen LogP contribution is 2.41. The highest BCUT2D eigenvalue weighted by Gasteiger charge is 2.51. The lowest BCUT2D eigenvalue weighted by Crippen LogP contribution is -2.59. The van der Waals surface area contributed by atoms with Crippen molar-refractivity contribution in [3.8, 4) is 0 Å². The summed E-state index contributed by atoms with van der Waals surface area (Å²) >= 11 is 0. The minimum absolute atomic E-state index is 0.00492. The first-order valence-corrected chi connectivity index (χ1v) is 15.9. The van der Waals surface area contributed by atoms with Gasteiger partial charge in [0.25, 0.3) is 0 Å². The van der Waals surface area contributed by atoms with E-state index in [1.807, 2.05) is 66.7 Å². The second-order valence-corrected chi connectivity index (χ2v) is 13.6. The summed E-state index contributed by atoms with van der Waals surface area (Å²) in [5.74, 6) is -4.49. The third-order valence-corrected chi connectivity index (χ3v) is 9.50. The maximum atomic E-state index is 13.5. The first kappa shape index (κ1) is 38.2. The number of allylic oxidation sites excluding steroid dienone is 5. The molecule has 0 amide bonds. The first-order valence-electron chi connectivity index (χ1n) is 15.9. The molecule has 4 N–H and O–H groups in total. The molecule has 2 rings (SSSR count). The summed E-state index contributed by atoms with van der Waals surface area (Å²) < 4.78 is 23.4. The lowest BCUT2D eigenvalue weighted by Gasteiger charge is -2.49. The van der Waals surface area contributed by atoms with Crippen molar-refractivity contribution in [2.24, 2.45) is 35.5 Å². The Bertz CT molecular complexity index is 1060. The number of ether oxygens (including phenoxy) is 4. The number of esters is 1. The average Bonchev–Trinajstić information content (AvgIpc) is 2.96. The van der Waals surface area contributed by atoms with Gasteiger partial charge in [0.1, 0.15) is 12.2 Å². The molecule has 0 aromatic rings. The minimum Gasteiger partial charge on any atom is -0.490 e. The summed E-state index contributed by atoms with van der Waals surface area (Å²) in [5, 5.41) is 45.0. The summed E-state index contributed by atoms with van der Waals surface area (Å²) in [4.78, 5) is 13.5. The maximum absolute atomic E-state index is 13.5. The second kappa shape index (κ2) is 16.5. The predicted octanol–water partition coefficient (Wildman–Crippen LogP) is 4.69. The van der Waals surface area contributed by atoms with Crippen molar-refractivity contribution in [3.63, 3.8) is 0 Å². The van der Waals surface area contributed by atoms with Crippen molar-refractivity contribution in [1.82, 2.24) is 0 Å². The van der Waals surface area contributed by atoms with E-state index < -0.39 is 60.2 Å². The molecule has 2 aliphatic rings. The van der Waals surface area contributed by atoms with Crippen LogP contribution in [0.25, 0.3) is 0 Å². The molecular formula is C35H58O9. The molecule has 44 heavy (non-hydrogen) atoms. The zero-order chi connectivity index (χ0) is 33.5. The van der Waals surface area contributed by atoms with E-state index in [4.69, 9.17) is 18.9 Å². The van der Waals surface area contributed by atoms with Crippen LogP contribution in [0.15, 0.2) is 47.3 Å². The number of hydrogen-bond donors (Lipinski definition) is 4. The number of hydrogen-bond acceptors (Lipinski definition) is 9. The maximum Gasteiger partial charge on any atom is 0.373 e. The summed E-state index contributed by atoms with van der Waals surface area (Å²) in [7, 11) is 2.87. The second-order valence-electron chi connectivity index (χ2n) is 13.6. The van der Waals surface area contributed by atoms with Crippen LogP contribution in [0.3, 0.4) is 0 Å². The number of methoxy groups -OCH3 is 2. The van der Waals surface area contributed by atoms with Crippen molar-refractivity contribution in [1.29, 1.82) is 0 Å². The van der Waals surface area contributed by atoms with E-state index in [-0.39, 0.29) is 35.9 Å². The molecule has 0 spiro atoms. The van der Waals surface area contributed by atoms with E-state index >= 15 is 0 Å².